The van der Waals surface area contributed by atoms with Gasteiger partial charge in [-0.05, 0) is 97.6 Å². The Hall–Kier alpha value is -4.82. The van der Waals surface area contributed by atoms with E-state index in [1.54, 1.807) is 13.8 Å². The average molecular weight is 779 g/mol. The third-order valence-corrected chi connectivity index (χ3v) is 12.0. The molecule has 2 saturated heterocycles. The molecule has 2 aromatic rings. The Morgan fingerprint density at radius 2 is 0.911 bits per heavy atom. The van der Waals surface area contributed by atoms with Crippen molar-refractivity contribution in [3.05, 3.63) is 46.5 Å². The van der Waals surface area contributed by atoms with Crippen LogP contribution in [-0.2, 0) is 32.3 Å². The second kappa shape index (κ2) is 17.5. The van der Waals surface area contributed by atoms with Gasteiger partial charge in [0.25, 0.3) is 0 Å². The zero-order chi connectivity index (χ0) is 40.3. The van der Waals surface area contributed by atoms with Crippen molar-refractivity contribution in [1.29, 1.82) is 0 Å². The fourth-order valence-corrected chi connectivity index (χ4v) is 9.64. The van der Waals surface area contributed by atoms with E-state index in [0.717, 1.165) is 37.1 Å². The van der Waals surface area contributed by atoms with Gasteiger partial charge in [0.05, 0.1) is 39.6 Å². The van der Waals surface area contributed by atoms with Crippen molar-refractivity contribution >= 4 is 23.9 Å². The molecule has 6 rings (SSSR count). The lowest BCUT2D eigenvalue weighted by Gasteiger charge is -2.34. The van der Waals surface area contributed by atoms with E-state index in [4.69, 9.17) is 28.4 Å². The zero-order valence-corrected chi connectivity index (χ0v) is 33.1. The SMILES string of the molecule is CCC(=O)Oc1c(OC)cc(CN2CC3CC(/C(C(=O)O)=C(\C(=O)O)C4CC5CC(C4)N(Cc4cc(OC)c(OC(=O)CC)c(OC)c4)C5)CC2C3)cc1OC. The molecule has 0 radical (unpaired) electrons. The minimum absolute atomic E-state index is 0.0593. The minimum atomic E-state index is -1.15. The predicted octanol–water partition coefficient (Wildman–Crippen LogP) is 5.72. The van der Waals surface area contributed by atoms with Crippen LogP contribution in [0.1, 0.15) is 76.3 Å². The number of carbonyl (C=O) groups excluding carboxylic acids is 2. The third-order valence-electron chi connectivity index (χ3n) is 12.0. The van der Waals surface area contributed by atoms with Crippen molar-refractivity contribution in [1.82, 2.24) is 9.80 Å². The normalized spacial score (nSPS) is 24.9. The first-order valence-corrected chi connectivity index (χ1v) is 19.5. The van der Waals surface area contributed by atoms with Gasteiger partial charge in [0.1, 0.15) is 0 Å². The van der Waals surface area contributed by atoms with Gasteiger partial charge in [0.2, 0.25) is 11.5 Å². The molecular formula is C42H54N2O12. The molecule has 2 aliphatic heterocycles. The van der Waals surface area contributed by atoms with Crippen molar-refractivity contribution in [3.8, 4) is 34.5 Å². The highest BCUT2D eigenvalue weighted by Gasteiger charge is 2.47. The van der Waals surface area contributed by atoms with Crippen LogP contribution in [0.5, 0.6) is 34.5 Å². The number of rotatable bonds is 16. The van der Waals surface area contributed by atoms with Gasteiger partial charge >= 0.3 is 23.9 Å². The van der Waals surface area contributed by atoms with Crippen LogP contribution in [0.25, 0.3) is 0 Å². The van der Waals surface area contributed by atoms with Crippen LogP contribution in [0.4, 0.5) is 0 Å². The largest absolute Gasteiger partial charge is 0.493 e. The van der Waals surface area contributed by atoms with E-state index in [1.807, 2.05) is 24.3 Å². The molecule has 304 valence electrons. The summed E-state index contributed by atoms with van der Waals surface area (Å²) in [6, 6.07) is 7.47. The summed E-state index contributed by atoms with van der Waals surface area (Å²) in [4.78, 5) is 55.1. The molecule has 56 heavy (non-hydrogen) atoms. The highest BCUT2D eigenvalue weighted by molar-refractivity contribution is 5.99. The van der Waals surface area contributed by atoms with Crippen LogP contribution < -0.4 is 28.4 Å². The van der Waals surface area contributed by atoms with Crippen molar-refractivity contribution in [2.45, 2.75) is 90.4 Å². The smallest absolute Gasteiger partial charge is 0.332 e. The summed E-state index contributed by atoms with van der Waals surface area (Å²) in [5, 5.41) is 21.4. The van der Waals surface area contributed by atoms with Crippen LogP contribution in [0.15, 0.2) is 35.4 Å². The Morgan fingerprint density at radius 3 is 1.20 bits per heavy atom. The molecule has 0 aromatic heterocycles. The van der Waals surface area contributed by atoms with Crippen LogP contribution in [0.3, 0.4) is 0 Å². The lowest BCUT2D eigenvalue weighted by atomic mass is 9.71. The Bertz CT molecular complexity index is 1680. The van der Waals surface area contributed by atoms with E-state index < -0.39 is 23.9 Å². The summed E-state index contributed by atoms with van der Waals surface area (Å²) >= 11 is 0. The Morgan fingerprint density at radius 1 is 0.571 bits per heavy atom. The molecule has 4 fully saturated rings. The van der Waals surface area contributed by atoms with Crippen molar-refractivity contribution in [3.63, 3.8) is 0 Å². The number of ether oxygens (including phenoxy) is 6. The molecular weight excluding hydrogens is 724 g/mol. The second-order valence-corrected chi connectivity index (χ2v) is 15.5. The summed E-state index contributed by atoms with van der Waals surface area (Å²) < 4.78 is 33.3. The molecule has 2 N–H and O–H groups in total. The molecule has 0 amide bonds. The number of esters is 2. The maximum absolute atomic E-state index is 13.1. The molecule has 14 nitrogen and oxygen atoms in total. The number of carboxylic acid groups (broad SMARTS) is 2. The van der Waals surface area contributed by atoms with Gasteiger partial charge in [-0.3, -0.25) is 19.4 Å². The number of fused-ring (bicyclic) bond motifs is 4. The Kier molecular flexibility index (Phi) is 12.8. The highest BCUT2D eigenvalue weighted by Crippen LogP contribution is 2.48. The van der Waals surface area contributed by atoms with Gasteiger partial charge in [0, 0.05) is 51.1 Å². The number of benzene rings is 2. The van der Waals surface area contributed by atoms with Crippen LogP contribution in [-0.4, -0.2) is 97.5 Å². The summed E-state index contributed by atoms with van der Waals surface area (Å²) in [7, 11) is 6.03. The minimum Gasteiger partial charge on any atom is -0.493 e. The molecule has 2 aliphatic carbocycles. The van der Waals surface area contributed by atoms with E-state index in [1.165, 1.54) is 28.4 Å². The molecule has 4 aliphatic rings. The molecule has 2 aromatic carbocycles. The monoisotopic (exact) mass is 778 g/mol. The van der Waals surface area contributed by atoms with E-state index in [2.05, 4.69) is 9.80 Å². The average Bonchev–Trinajstić information content (AvgIpc) is 3.63. The fraction of sp³-hybridized carbons (Fsp3) is 0.571. The van der Waals surface area contributed by atoms with Gasteiger partial charge in [-0.25, -0.2) is 9.59 Å². The van der Waals surface area contributed by atoms with Gasteiger partial charge < -0.3 is 38.6 Å². The van der Waals surface area contributed by atoms with Gasteiger partial charge in [0.15, 0.2) is 23.0 Å². The molecule has 6 unspecified atom stereocenters. The zero-order valence-electron chi connectivity index (χ0n) is 33.1. The number of likely N-dealkylation sites (tertiary alicyclic amines) is 2. The lowest BCUT2D eigenvalue weighted by molar-refractivity contribution is -0.137. The summed E-state index contributed by atoms with van der Waals surface area (Å²) in [6.45, 7) is 6.03. The molecule has 4 bridgehead atoms. The molecule has 0 spiro atoms. The van der Waals surface area contributed by atoms with Crippen molar-refractivity contribution in [2.75, 3.05) is 41.5 Å². The number of hydrogen-bond donors (Lipinski definition) is 2. The van der Waals surface area contributed by atoms with Crippen LogP contribution >= 0.6 is 0 Å². The first-order chi connectivity index (χ1) is 26.9. The molecule has 2 saturated carbocycles. The van der Waals surface area contributed by atoms with Gasteiger partial charge in [-0.2, -0.15) is 0 Å². The summed E-state index contributed by atoms with van der Waals surface area (Å²) in [5.74, 6) is -1.44. The highest BCUT2D eigenvalue weighted by atomic mass is 16.6. The molecule has 2 heterocycles. The van der Waals surface area contributed by atoms with E-state index >= 15 is 0 Å². The first-order valence-electron chi connectivity index (χ1n) is 19.5. The first kappa shape index (κ1) is 40.8. The molecule has 14 heteroatoms. The Labute approximate surface area is 327 Å². The second-order valence-electron chi connectivity index (χ2n) is 15.5. The van der Waals surface area contributed by atoms with Crippen molar-refractivity contribution in [2.24, 2.45) is 23.7 Å². The van der Waals surface area contributed by atoms with E-state index in [-0.39, 0.29) is 71.2 Å². The number of hydrogen-bond acceptors (Lipinski definition) is 12. The molecule has 6 atom stereocenters. The number of nitrogens with zero attached hydrogens (tertiary/aromatic N) is 2. The summed E-state index contributed by atoms with van der Waals surface area (Å²) in [6.07, 6.45) is 4.54. The number of carboxylic acids is 2. The van der Waals surface area contributed by atoms with Gasteiger partial charge in [-0.1, -0.05) is 13.8 Å². The number of methoxy groups -OCH3 is 4. The fourth-order valence-electron chi connectivity index (χ4n) is 9.64. The van der Waals surface area contributed by atoms with E-state index in [0.29, 0.717) is 61.8 Å². The lowest BCUT2D eigenvalue weighted by Crippen LogP contribution is -2.35. The van der Waals surface area contributed by atoms with E-state index in [9.17, 15) is 29.4 Å². The van der Waals surface area contributed by atoms with Crippen LogP contribution in [0, 0.1) is 23.7 Å². The van der Waals surface area contributed by atoms with Gasteiger partial charge in [-0.15, -0.1) is 0 Å². The Balaban J connectivity index is 1.19. The maximum Gasteiger partial charge on any atom is 0.332 e. The number of aliphatic carboxylic acids is 2. The van der Waals surface area contributed by atoms with Crippen molar-refractivity contribution < 1.29 is 57.8 Å². The maximum atomic E-state index is 13.1. The summed E-state index contributed by atoms with van der Waals surface area (Å²) in [5.41, 5.74) is 1.91. The van der Waals surface area contributed by atoms with Crippen LogP contribution in [0.2, 0.25) is 0 Å². The standard InChI is InChI=1S/C42H54N2O12/c1-7-35(45)55-39-31(51-3)13-25(14-32(39)52-4)21-43-19-23-9-27(17-29(43)11-23)37(41(47)48)38(42(49)50)28-10-24-12-30(18-28)44(20-24)22-26-15-33(53-5)40(34(16-26)54-6)56-36(46)8-2/h13-16,23-24,27-30H,7-12,17-22H2,1-6H3,(H,47,48)(H,49,50)/b38-37+. The topological polar surface area (TPSA) is 171 Å². The quantitative estimate of drug-likeness (QED) is 0.121. The number of carbonyl (C=O) groups is 4. The predicted molar refractivity (Wildman–Crippen MR) is 203 cm³/mol. The third kappa shape index (κ3) is 8.61.